The molecule has 2 aliphatic rings. The Morgan fingerprint density at radius 1 is 1.57 bits per heavy atom. The van der Waals surface area contributed by atoms with E-state index in [1.165, 1.54) is 39.0 Å². The van der Waals surface area contributed by atoms with E-state index in [-0.39, 0.29) is 0 Å². The van der Waals surface area contributed by atoms with Gasteiger partial charge in [-0.05, 0) is 32.2 Å². The van der Waals surface area contributed by atoms with Crippen molar-refractivity contribution in [3.63, 3.8) is 0 Å². The first kappa shape index (κ1) is 10.2. The third-order valence-corrected chi connectivity index (χ3v) is 3.56. The molecule has 0 aromatic carbocycles. The van der Waals surface area contributed by atoms with Crippen molar-refractivity contribution in [3.8, 4) is 0 Å². The summed E-state index contributed by atoms with van der Waals surface area (Å²) in [4.78, 5) is 2.59. The molecule has 1 fully saturated rings. The van der Waals surface area contributed by atoms with Crippen LogP contribution in [0.1, 0.15) is 26.7 Å². The van der Waals surface area contributed by atoms with Gasteiger partial charge in [-0.1, -0.05) is 18.6 Å². The Kier molecular flexibility index (Phi) is 3.24. The number of hydrogen-bond donors (Lipinski definition) is 1. The Balaban J connectivity index is 1.82. The summed E-state index contributed by atoms with van der Waals surface area (Å²) in [5, 5.41) is 3.61. The topological polar surface area (TPSA) is 15.3 Å². The van der Waals surface area contributed by atoms with E-state index >= 15 is 0 Å². The minimum atomic E-state index is 0.737. The second kappa shape index (κ2) is 4.45. The van der Waals surface area contributed by atoms with Crippen molar-refractivity contribution in [3.05, 3.63) is 11.6 Å². The highest BCUT2D eigenvalue weighted by Crippen LogP contribution is 2.17. The lowest BCUT2D eigenvalue weighted by atomic mass is 10.0. The fraction of sp³-hybridized carbons (Fsp3) is 0.833. The molecule has 2 atom stereocenters. The fourth-order valence-electron chi connectivity index (χ4n) is 2.57. The van der Waals surface area contributed by atoms with Crippen molar-refractivity contribution in [1.82, 2.24) is 10.2 Å². The normalized spacial score (nSPS) is 34.6. The zero-order chi connectivity index (χ0) is 9.97. The Labute approximate surface area is 87.4 Å². The first-order valence-electron chi connectivity index (χ1n) is 5.87. The van der Waals surface area contributed by atoms with Gasteiger partial charge in [-0.2, -0.15) is 0 Å². The van der Waals surface area contributed by atoms with Gasteiger partial charge in [0.15, 0.2) is 0 Å². The van der Waals surface area contributed by atoms with E-state index < -0.39 is 0 Å². The van der Waals surface area contributed by atoms with Gasteiger partial charge in [0, 0.05) is 25.7 Å². The maximum atomic E-state index is 3.61. The van der Waals surface area contributed by atoms with Gasteiger partial charge in [0.2, 0.25) is 0 Å². The summed E-state index contributed by atoms with van der Waals surface area (Å²) >= 11 is 0. The highest BCUT2D eigenvalue weighted by atomic mass is 15.2. The Hall–Kier alpha value is -0.340. The van der Waals surface area contributed by atoms with Crippen molar-refractivity contribution in [2.45, 2.75) is 32.7 Å². The molecule has 0 amide bonds. The Bertz CT molecular complexity index is 222. The van der Waals surface area contributed by atoms with Crippen LogP contribution in [-0.4, -0.2) is 37.1 Å². The van der Waals surface area contributed by atoms with Crippen LogP contribution in [0.4, 0.5) is 0 Å². The van der Waals surface area contributed by atoms with Crippen LogP contribution in [0.2, 0.25) is 0 Å². The summed E-state index contributed by atoms with van der Waals surface area (Å²) in [7, 11) is 0. The molecule has 0 radical (unpaired) electrons. The van der Waals surface area contributed by atoms with E-state index in [1.807, 2.05) is 0 Å². The minimum Gasteiger partial charge on any atom is -0.312 e. The van der Waals surface area contributed by atoms with Crippen molar-refractivity contribution in [2.75, 3.05) is 26.2 Å². The quantitative estimate of drug-likeness (QED) is 0.672. The molecule has 1 saturated heterocycles. The molecule has 1 N–H and O–H groups in total. The van der Waals surface area contributed by atoms with Crippen LogP contribution in [-0.2, 0) is 0 Å². The van der Waals surface area contributed by atoms with Gasteiger partial charge in [0.25, 0.3) is 0 Å². The van der Waals surface area contributed by atoms with Crippen LogP contribution >= 0.6 is 0 Å². The zero-order valence-electron chi connectivity index (χ0n) is 9.42. The average molecular weight is 194 g/mol. The largest absolute Gasteiger partial charge is 0.312 e. The molecule has 2 unspecified atom stereocenters. The molecule has 2 aliphatic heterocycles. The summed E-state index contributed by atoms with van der Waals surface area (Å²) in [5.41, 5.74) is 1.54. The molecule has 0 bridgehead atoms. The van der Waals surface area contributed by atoms with E-state index in [9.17, 15) is 0 Å². The van der Waals surface area contributed by atoms with Gasteiger partial charge in [-0.15, -0.1) is 0 Å². The Morgan fingerprint density at radius 2 is 2.43 bits per heavy atom. The molecule has 80 valence electrons. The van der Waals surface area contributed by atoms with E-state index in [0.29, 0.717) is 0 Å². The van der Waals surface area contributed by atoms with Crippen LogP contribution in [0.5, 0.6) is 0 Å². The van der Waals surface area contributed by atoms with E-state index in [1.54, 1.807) is 5.57 Å². The molecule has 2 heterocycles. The molecule has 2 heteroatoms. The molecule has 0 saturated carbocycles. The second-order valence-electron chi connectivity index (χ2n) is 4.90. The van der Waals surface area contributed by atoms with Gasteiger partial charge in [-0.3, -0.25) is 4.90 Å². The number of nitrogens with one attached hydrogen (secondary N) is 1. The molecule has 0 aliphatic carbocycles. The number of nitrogens with zero attached hydrogens (tertiary/aromatic N) is 1. The standard InChI is InChI=1S/C12H22N2/c1-10-4-3-7-14(8-10)9-12-11(2)5-6-13-12/h4,11-13H,3,5-9H2,1-2H3. The van der Waals surface area contributed by atoms with Gasteiger partial charge in [0.1, 0.15) is 0 Å². The van der Waals surface area contributed by atoms with Gasteiger partial charge < -0.3 is 5.32 Å². The number of hydrogen-bond acceptors (Lipinski definition) is 2. The van der Waals surface area contributed by atoms with Crippen LogP contribution < -0.4 is 5.32 Å². The van der Waals surface area contributed by atoms with Crippen LogP contribution in [0, 0.1) is 5.92 Å². The second-order valence-corrected chi connectivity index (χ2v) is 4.90. The third-order valence-electron chi connectivity index (χ3n) is 3.56. The van der Waals surface area contributed by atoms with Gasteiger partial charge in [-0.25, -0.2) is 0 Å². The van der Waals surface area contributed by atoms with Crippen molar-refractivity contribution in [2.24, 2.45) is 5.92 Å². The van der Waals surface area contributed by atoms with Gasteiger partial charge in [0.05, 0.1) is 0 Å². The maximum Gasteiger partial charge on any atom is 0.0221 e. The molecule has 2 rings (SSSR count). The van der Waals surface area contributed by atoms with Crippen molar-refractivity contribution < 1.29 is 0 Å². The molecule has 14 heavy (non-hydrogen) atoms. The van der Waals surface area contributed by atoms with Crippen molar-refractivity contribution >= 4 is 0 Å². The summed E-state index contributed by atoms with van der Waals surface area (Å²) in [6.07, 6.45) is 4.97. The van der Waals surface area contributed by atoms with Crippen molar-refractivity contribution in [1.29, 1.82) is 0 Å². The molecule has 0 aromatic rings. The molecule has 2 nitrogen and oxygen atoms in total. The van der Waals surface area contributed by atoms with E-state index in [0.717, 1.165) is 12.0 Å². The highest BCUT2D eigenvalue weighted by molar-refractivity contribution is 5.05. The summed E-state index contributed by atoms with van der Waals surface area (Å²) < 4.78 is 0. The van der Waals surface area contributed by atoms with E-state index in [4.69, 9.17) is 0 Å². The summed E-state index contributed by atoms with van der Waals surface area (Å²) in [5.74, 6) is 0.862. The maximum absolute atomic E-state index is 3.61. The lowest BCUT2D eigenvalue weighted by molar-refractivity contribution is 0.246. The Morgan fingerprint density at radius 3 is 3.07 bits per heavy atom. The third kappa shape index (κ3) is 2.37. The summed E-state index contributed by atoms with van der Waals surface area (Å²) in [6, 6.07) is 0.737. The SMILES string of the molecule is CC1=CCCN(CC2NCCC2C)C1. The van der Waals surface area contributed by atoms with Gasteiger partial charge >= 0.3 is 0 Å². The zero-order valence-corrected chi connectivity index (χ0v) is 9.42. The minimum absolute atomic E-state index is 0.737. The first-order valence-corrected chi connectivity index (χ1v) is 5.87. The predicted octanol–water partition coefficient (Wildman–Crippen LogP) is 1.64. The average Bonchev–Trinajstić information content (AvgIpc) is 2.52. The monoisotopic (exact) mass is 194 g/mol. The predicted molar refractivity (Wildman–Crippen MR) is 60.4 cm³/mol. The molecular weight excluding hydrogens is 172 g/mol. The molecule has 0 spiro atoms. The molecular formula is C12H22N2. The smallest absolute Gasteiger partial charge is 0.0221 e. The first-order chi connectivity index (χ1) is 6.75. The van der Waals surface area contributed by atoms with Crippen LogP contribution in [0.3, 0.4) is 0 Å². The van der Waals surface area contributed by atoms with E-state index in [2.05, 4.69) is 30.1 Å². The number of rotatable bonds is 2. The lowest BCUT2D eigenvalue weighted by Gasteiger charge is -2.30. The highest BCUT2D eigenvalue weighted by Gasteiger charge is 2.25. The molecule has 0 aromatic heterocycles. The lowest BCUT2D eigenvalue weighted by Crippen LogP contribution is -2.42. The fourth-order valence-corrected chi connectivity index (χ4v) is 2.57. The van der Waals surface area contributed by atoms with Crippen LogP contribution in [0.15, 0.2) is 11.6 Å². The summed E-state index contributed by atoms with van der Waals surface area (Å²) in [6.45, 7) is 9.52. The van der Waals surface area contributed by atoms with Crippen LogP contribution in [0.25, 0.3) is 0 Å².